The SMILES string of the molecule is COc1ccc(-c2ccc3[nH]c(=O)c4nnn(-c5ccc(N6CCN(CCN(C)C)CC6)c(C(F)(F)F)c5)c4c3c2)cn1. The number of hydrogen-bond donors (Lipinski definition) is 1. The number of nitrogens with one attached hydrogen (secondary N) is 1. The molecule has 6 rings (SSSR count). The molecule has 1 aliphatic rings. The number of pyridine rings is 2. The molecule has 4 heterocycles. The van der Waals surface area contributed by atoms with Gasteiger partial charge in [0.1, 0.15) is 5.52 Å². The number of alkyl halides is 3. The van der Waals surface area contributed by atoms with Crippen LogP contribution in [0.25, 0.3) is 38.8 Å². The third-order valence-electron chi connectivity index (χ3n) is 7.79. The number of H-pyrrole nitrogens is 1. The van der Waals surface area contributed by atoms with Crippen LogP contribution in [0.4, 0.5) is 18.9 Å². The number of ether oxygens (including phenoxy) is 1. The summed E-state index contributed by atoms with van der Waals surface area (Å²) in [6.45, 7) is 4.11. The quantitative estimate of drug-likeness (QED) is 0.303. The molecule has 1 fully saturated rings. The van der Waals surface area contributed by atoms with E-state index in [0.717, 1.165) is 30.3 Å². The maximum absolute atomic E-state index is 14.5. The Balaban J connectivity index is 1.41. The van der Waals surface area contributed by atoms with Gasteiger partial charge in [0.05, 0.1) is 23.9 Å². The number of aromatic amines is 1. The van der Waals surface area contributed by atoms with Crippen LogP contribution in [-0.2, 0) is 6.18 Å². The van der Waals surface area contributed by atoms with Crippen LogP contribution in [0.2, 0.25) is 0 Å². The third kappa shape index (κ3) is 5.65. The largest absolute Gasteiger partial charge is 0.481 e. The first-order valence-corrected chi connectivity index (χ1v) is 13.9. The number of halogens is 3. The number of anilines is 1. The Bertz CT molecular complexity index is 1820. The second-order valence-corrected chi connectivity index (χ2v) is 10.8. The van der Waals surface area contributed by atoms with Crippen molar-refractivity contribution in [1.82, 2.24) is 34.8 Å². The molecule has 2 aromatic carbocycles. The third-order valence-corrected chi connectivity index (χ3v) is 7.79. The van der Waals surface area contributed by atoms with Gasteiger partial charge in [-0.1, -0.05) is 11.3 Å². The monoisotopic (exact) mass is 592 g/mol. The van der Waals surface area contributed by atoms with Crippen LogP contribution in [0.3, 0.4) is 0 Å². The number of rotatable bonds is 7. The summed E-state index contributed by atoms with van der Waals surface area (Å²) in [6.07, 6.45) is -2.94. The first-order valence-electron chi connectivity index (χ1n) is 13.9. The molecule has 13 heteroatoms. The van der Waals surface area contributed by atoms with Gasteiger partial charge in [-0.15, -0.1) is 5.10 Å². The van der Waals surface area contributed by atoms with Crippen molar-refractivity contribution < 1.29 is 17.9 Å². The number of hydrogen-bond acceptors (Lipinski definition) is 8. The summed E-state index contributed by atoms with van der Waals surface area (Å²) in [6, 6.07) is 13.2. The number of fused-ring (bicyclic) bond motifs is 3. The van der Waals surface area contributed by atoms with Gasteiger partial charge < -0.3 is 19.5 Å². The van der Waals surface area contributed by atoms with Crippen molar-refractivity contribution in [3.05, 3.63) is 70.6 Å². The van der Waals surface area contributed by atoms with Crippen molar-refractivity contribution in [3.63, 3.8) is 0 Å². The smallest absolute Gasteiger partial charge is 0.418 e. The van der Waals surface area contributed by atoms with Crippen LogP contribution in [-0.4, -0.2) is 95.2 Å². The van der Waals surface area contributed by atoms with Gasteiger partial charge in [-0.2, -0.15) is 13.2 Å². The fraction of sp³-hybridized carbons (Fsp3) is 0.333. The Morgan fingerprint density at radius 1 is 1.00 bits per heavy atom. The van der Waals surface area contributed by atoms with Gasteiger partial charge in [0.2, 0.25) is 5.88 Å². The van der Waals surface area contributed by atoms with Crippen molar-refractivity contribution in [2.75, 3.05) is 65.4 Å². The highest BCUT2D eigenvalue weighted by Crippen LogP contribution is 2.39. The average Bonchev–Trinajstić information content (AvgIpc) is 3.46. The molecule has 43 heavy (non-hydrogen) atoms. The number of nitrogens with zero attached hydrogens (tertiary/aromatic N) is 7. The highest BCUT2D eigenvalue weighted by molar-refractivity contribution is 6.04. The normalized spacial score (nSPS) is 14.7. The van der Waals surface area contributed by atoms with Crippen molar-refractivity contribution >= 4 is 27.6 Å². The zero-order valence-corrected chi connectivity index (χ0v) is 24.0. The molecule has 224 valence electrons. The van der Waals surface area contributed by atoms with E-state index in [9.17, 15) is 18.0 Å². The Morgan fingerprint density at radius 2 is 1.77 bits per heavy atom. The highest BCUT2D eigenvalue weighted by atomic mass is 19.4. The molecule has 1 aliphatic heterocycles. The molecule has 1 saturated heterocycles. The van der Waals surface area contributed by atoms with Crippen LogP contribution < -0.4 is 15.2 Å². The molecule has 0 amide bonds. The number of piperazine rings is 1. The van der Waals surface area contributed by atoms with Gasteiger partial charge in [0.15, 0.2) is 5.52 Å². The standard InChI is InChI=1S/C30H31F3N8O2/c1-38(2)10-11-39-12-14-40(15-13-39)25-8-6-21(17-23(25)30(31,32)33)41-28-22-16-19(20-5-9-26(43-3)34-18-20)4-7-24(22)35-29(42)27(28)36-37-41/h4-9,16-18H,10-15H2,1-3H3,(H,35,42). The second kappa shape index (κ2) is 11.3. The van der Waals surface area contributed by atoms with E-state index in [1.807, 2.05) is 32.3 Å². The van der Waals surface area contributed by atoms with Crippen LogP contribution in [0.1, 0.15) is 5.56 Å². The van der Waals surface area contributed by atoms with Gasteiger partial charge in [-0.05, 0) is 56.1 Å². The van der Waals surface area contributed by atoms with E-state index in [1.54, 1.807) is 29.3 Å². The molecule has 3 aromatic heterocycles. The van der Waals surface area contributed by atoms with Gasteiger partial charge in [0, 0.05) is 68.2 Å². The summed E-state index contributed by atoms with van der Waals surface area (Å²) in [5.41, 5.74) is 1.50. The first-order chi connectivity index (χ1) is 20.6. The number of likely N-dealkylation sites (N-methyl/N-ethyl adjacent to an activating group) is 1. The predicted molar refractivity (Wildman–Crippen MR) is 159 cm³/mol. The van der Waals surface area contributed by atoms with Crippen LogP contribution in [0.15, 0.2) is 59.5 Å². The predicted octanol–water partition coefficient (Wildman–Crippen LogP) is 4.04. The maximum Gasteiger partial charge on any atom is 0.418 e. The molecule has 0 aliphatic carbocycles. The maximum atomic E-state index is 14.5. The van der Waals surface area contributed by atoms with Crippen molar-refractivity contribution in [3.8, 4) is 22.7 Å². The Kier molecular flexibility index (Phi) is 7.52. The molecule has 0 unspecified atom stereocenters. The average molecular weight is 593 g/mol. The Labute approximate surface area is 245 Å². The lowest BCUT2D eigenvalue weighted by molar-refractivity contribution is -0.137. The van der Waals surface area contributed by atoms with E-state index in [0.29, 0.717) is 48.5 Å². The lowest BCUT2D eigenvalue weighted by atomic mass is 10.0. The van der Waals surface area contributed by atoms with Crippen molar-refractivity contribution in [2.45, 2.75) is 6.18 Å². The van der Waals surface area contributed by atoms with Crippen LogP contribution in [0.5, 0.6) is 5.88 Å². The molecule has 0 atom stereocenters. The van der Waals surface area contributed by atoms with E-state index in [1.165, 1.54) is 17.9 Å². The minimum Gasteiger partial charge on any atom is -0.481 e. The molecule has 5 aromatic rings. The van der Waals surface area contributed by atoms with E-state index >= 15 is 0 Å². The number of benzene rings is 2. The summed E-state index contributed by atoms with van der Waals surface area (Å²) in [7, 11) is 5.54. The summed E-state index contributed by atoms with van der Waals surface area (Å²) >= 11 is 0. The van der Waals surface area contributed by atoms with E-state index < -0.39 is 17.3 Å². The van der Waals surface area contributed by atoms with Gasteiger partial charge in [-0.25, -0.2) is 9.67 Å². The van der Waals surface area contributed by atoms with Gasteiger partial charge in [-0.3, -0.25) is 9.69 Å². The lowest BCUT2D eigenvalue weighted by Gasteiger charge is -2.37. The Morgan fingerprint density at radius 3 is 2.44 bits per heavy atom. The summed E-state index contributed by atoms with van der Waals surface area (Å²) < 4.78 is 49.9. The molecule has 0 saturated carbocycles. The van der Waals surface area contributed by atoms with Crippen LogP contribution in [0, 0.1) is 0 Å². The fourth-order valence-electron chi connectivity index (χ4n) is 5.45. The minimum atomic E-state index is -4.60. The number of aromatic nitrogens is 5. The molecule has 0 bridgehead atoms. The first kappa shape index (κ1) is 28.6. The summed E-state index contributed by atoms with van der Waals surface area (Å²) in [5.74, 6) is 0.466. The second-order valence-electron chi connectivity index (χ2n) is 10.8. The summed E-state index contributed by atoms with van der Waals surface area (Å²) in [4.78, 5) is 26.1. The van der Waals surface area contributed by atoms with E-state index in [4.69, 9.17) is 4.74 Å². The minimum absolute atomic E-state index is 0.0315. The highest BCUT2D eigenvalue weighted by Gasteiger charge is 2.36. The molecule has 0 spiro atoms. The zero-order valence-electron chi connectivity index (χ0n) is 24.0. The van der Waals surface area contributed by atoms with Crippen molar-refractivity contribution in [1.29, 1.82) is 0 Å². The molecular weight excluding hydrogens is 561 g/mol. The lowest BCUT2D eigenvalue weighted by Crippen LogP contribution is -2.48. The van der Waals surface area contributed by atoms with Gasteiger partial charge in [0.25, 0.3) is 5.56 Å². The molecule has 1 N–H and O–H groups in total. The van der Waals surface area contributed by atoms with E-state index in [2.05, 4.69) is 30.1 Å². The van der Waals surface area contributed by atoms with Crippen LogP contribution >= 0.6 is 0 Å². The zero-order chi connectivity index (χ0) is 30.3. The summed E-state index contributed by atoms with van der Waals surface area (Å²) in [5, 5.41) is 8.77. The van der Waals surface area contributed by atoms with Crippen molar-refractivity contribution in [2.24, 2.45) is 0 Å². The molecule has 0 radical (unpaired) electrons. The van der Waals surface area contributed by atoms with E-state index in [-0.39, 0.29) is 16.9 Å². The Hall–Kier alpha value is -4.49. The topological polar surface area (TPSA) is 95.4 Å². The fourth-order valence-corrected chi connectivity index (χ4v) is 5.45. The molecule has 10 nitrogen and oxygen atoms in total. The number of methoxy groups -OCH3 is 1. The molecular formula is C30H31F3N8O2. The van der Waals surface area contributed by atoms with Gasteiger partial charge >= 0.3 is 6.18 Å².